The molecule has 7 heteroatoms. The van der Waals surface area contributed by atoms with Crippen LogP contribution in [0, 0.1) is 5.92 Å². The first-order chi connectivity index (χ1) is 14.5. The van der Waals surface area contributed by atoms with Crippen LogP contribution in [0.2, 0.25) is 0 Å². The number of carbonyl (C=O) groups excluding carboxylic acids is 2. The maximum atomic E-state index is 13.1. The average Bonchev–Trinajstić information content (AvgIpc) is 3.44. The molecule has 1 unspecified atom stereocenters. The quantitative estimate of drug-likeness (QED) is 0.649. The minimum Gasteiger partial charge on any atom is -0.337 e. The van der Waals surface area contributed by atoms with Gasteiger partial charge < -0.3 is 10.2 Å². The largest absolute Gasteiger partial charge is 0.337 e. The molecule has 1 atom stereocenters. The van der Waals surface area contributed by atoms with Gasteiger partial charge in [-0.25, -0.2) is 4.68 Å². The Morgan fingerprint density at radius 1 is 1.17 bits per heavy atom. The summed E-state index contributed by atoms with van der Waals surface area (Å²) >= 11 is 1.44. The molecule has 0 radical (unpaired) electrons. The number of nitrogens with one attached hydrogen (secondary N) is 1. The van der Waals surface area contributed by atoms with Crippen molar-refractivity contribution in [1.29, 1.82) is 0 Å². The van der Waals surface area contributed by atoms with Gasteiger partial charge >= 0.3 is 0 Å². The van der Waals surface area contributed by atoms with Gasteiger partial charge in [0.05, 0.1) is 16.5 Å². The fraction of sp³-hybridized carbons (Fsp3) is 0.348. The smallest absolute Gasteiger partial charge is 0.263 e. The van der Waals surface area contributed by atoms with Crippen LogP contribution in [0.1, 0.15) is 42.4 Å². The van der Waals surface area contributed by atoms with E-state index >= 15 is 0 Å². The number of nitrogens with zero attached hydrogens (tertiary/aromatic N) is 3. The van der Waals surface area contributed by atoms with Gasteiger partial charge in [0, 0.05) is 30.8 Å². The molecule has 0 saturated carbocycles. The van der Waals surface area contributed by atoms with Crippen molar-refractivity contribution < 1.29 is 9.59 Å². The van der Waals surface area contributed by atoms with E-state index in [2.05, 4.69) is 5.32 Å². The van der Waals surface area contributed by atoms with E-state index in [4.69, 9.17) is 5.10 Å². The predicted molar refractivity (Wildman–Crippen MR) is 120 cm³/mol. The number of carbonyl (C=O) groups is 2. The molecule has 0 bridgehead atoms. The van der Waals surface area contributed by atoms with E-state index in [1.54, 1.807) is 4.90 Å². The molecule has 1 N–H and O–H groups in total. The molecule has 4 rings (SSSR count). The summed E-state index contributed by atoms with van der Waals surface area (Å²) in [6.45, 7) is 5.23. The van der Waals surface area contributed by atoms with Crippen LogP contribution >= 0.6 is 11.3 Å². The van der Waals surface area contributed by atoms with Crippen LogP contribution in [0.5, 0.6) is 0 Å². The van der Waals surface area contributed by atoms with Crippen molar-refractivity contribution in [3.63, 3.8) is 0 Å². The number of hydrogen-bond acceptors (Lipinski definition) is 4. The molecule has 3 heterocycles. The van der Waals surface area contributed by atoms with Gasteiger partial charge in [-0.2, -0.15) is 5.10 Å². The monoisotopic (exact) mass is 422 g/mol. The zero-order valence-corrected chi connectivity index (χ0v) is 18.1. The van der Waals surface area contributed by atoms with Crippen LogP contribution in [0.25, 0.3) is 11.3 Å². The van der Waals surface area contributed by atoms with E-state index in [-0.39, 0.29) is 23.8 Å². The van der Waals surface area contributed by atoms with Crippen LogP contribution in [-0.4, -0.2) is 39.6 Å². The minimum atomic E-state index is -0.224. The third-order valence-corrected chi connectivity index (χ3v) is 6.21. The summed E-state index contributed by atoms with van der Waals surface area (Å²) in [5, 5.41) is 9.67. The zero-order valence-electron chi connectivity index (χ0n) is 17.2. The Hall–Kier alpha value is -2.93. The third kappa shape index (κ3) is 4.31. The number of anilines is 1. The normalized spacial score (nSPS) is 16.6. The van der Waals surface area contributed by atoms with E-state index in [0.717, 1.165) is 29.0 Å². The Morgan fingerprint density at radius 2 is 1.97 bits per heavy atom. The third-order valence-electron chi connectivity index (χ3n) is 5.36. The number of amides is 2. The highest BCUT2D eigenvalue weighted by molar-refractivity contribution is 7.12. The van der Waals surface area contributed by atoms with Crippen molar-refractivity contribution in [3.05, 3.63) is 58.8 Å². The molecular weight excluding hydrogens is 396 g/mol. The summed E-state index contributed by atoms with van der Waals surface area (Å²) in [5.41, 5.74) is 1.84. The summed E-state index contributed by atoms with van der Waals surface area (Å²) < 4.78 is 1.84. The second-order valence-corrected chi connectivity index (χ2v) is 8.82. The van der Waals surface area contributed by atoms with E-state index < -0.39 is 0 Å². The molecule has 1 fully saturated rings. The number of piperidine rings is 1. The molecule has 30 heavy (non-hydrogen) atoms. The number of aromatic nitrogens is 2. The highest BCUT2D eigenvalue weighted by Crippen LogP contribution is 2.26. The lowest BCUT2D eigenvalue weighted by Gasteiger charge is -2.31. The van der Waals surface area contributed by atoms with Gasteiger partial charge in [0.1, 0.15) is 5.82 Å². The lowest BCUT2D eigenvalue weighted by Crippen LogP contribution is -2.43. The molecule has 1 aliphatic rings. The Kier molecular flexibility index (Phi) is 5.99. The SMILES string of the molecule is CC(C)n1nc(-c2ccccc2)cc1NC(=O)C1CCCN(C(=O)c2cccs2)C1. The fourth-order valence-electron chi connectivity index (χ4n) is 3.79. The van der Waals surface area contributed by atoms with Gasteiger partial charge in [0.25, 0.3) is 5.91 Å². The molecule has 2 amide bonds. The van der Waals surface area contributed by atoms with E-state index in [1.165, 1.54) is 11.3 Å². The van der Waals surface area contributed by atoms with Gasteiger partial charge in [-0.05, 0) is 38.1 Å². The Balaban J connectivity index is 1.49. The van der Waals surface area contributed by atoms with Crippen molar-refractivity contribution in [3.8, 4) is 11.3 Å². The molecule has 6 nitrogen and oxygen atoms in total. The lowest BCUT2D eigenvalue weighted by atomic mass is 9.97. The number of rotatable bonds is 5. The summed E-state index contributed by atoms with van der Waals surface area (Å²) in [5.74, 6) is 0.426. The average molecular weight is 423 g/mol. The highest BCUT2D eigenvalue weighted by Gasteiger charge is 2.30. The van der Waals surface area contributed by atoms with Crippen molar-refractivity contribution in [2.75, 3.05) is 18.4 Å². The van der Waals surface area contributed by atoms with Gasteiger partial charge in [0.15, 0.2) is 0 Å². The van der Waals surface area contributed by atoms with Gasteiger partial charge in [-0.15, -0.1) is 11.3 Å². The molecule has 3 aromatic rings. The minimum absolute atomic E-state index is 0.0149. The van der Waals surface area contributed by atoms with Gasteiger partial charge in [-0.3, -0.25) is 9.59 Å². The van der Waals surface area contributed by atoms with Crippen LogP contribution in [0.4, 0.5) is 5.82 Å². The van der Waals surface area contributed by atoms with E-state index in [0.29, 0.717) is 18.9 Å². The van der Waals surface area contributed by atoms with Crippen LogP contribution in [-0.2, 0) is 4.79 Å². The number of thiophene rings is 1. The lowest BCUT2D eigenvalue weighted by molar-refractivity contribution is -0.121. The molecular formula is C23H26N4O2S. The maximum absolute atomic E-state index is 13.1. The van der Waals surface area contributed by atoms with Crippen molar-refractivity contribution in [1.82, 2.24) is 14.7 Å². The highest BCUT2D eigenvalue weighted by atomic mass is 32.1. The van der Waals surface area contributed by atoms with E-state index in [9.17, 15) is 9.59 Å². The Labute approximate surface area is 180 Å². The second kappa shape index (κ2) is 8.83. The van der Waals surface area contributed by atoms with Crippen LogP contribution in [0.3, 0.4) is 0 Å². The standard InChI is InChI=1S/C23H26N4O2S/c1-16(2)27-21(14-19(25-27)17-8-4-3-5-9-17)24-22(28)18-10-6-12-26(15-18)23(29)20-11-7-13-30-20/h3-5,7-9,11,13-14,16,18H,6,10,12,15H2,1-2H3,(H,24,28). The van der Waals surface area contributed by atoms with Crippen LogP contribution in [0.15, 0.2) is 53.9 Å². The van der Waals surface area contributed by atoms with Crippen LogP contribution < -0.4 is 5.32 Å². The first-order valence-corrected chi connectivity index (χ1v) is 11.2. The first kappa shape index (κ1) is 20.3. The maximum Gasteiger partial charge on any atom is 0.263 e. The fourth-order valence-corrected chi connectivity index (χ4v) is 4.48. The van der Waals surface area contributed by atoms with Gasteiger partial charge in [-0.1, -0.05) is 36.4 Å². The summed E-state index contributed by atoms with van der Waals surface area (Å²) in [6.07, 6.45) is 1.61. The zero-order chi connectivity index (χ0) is 21.1. The molecule has 1 aromatic carbocycles. The predicted octanol–water partition coefficient (Wildman–Crippen LogP) is 4.68. The van der Waals surface area contributed by atoms with Gasteiger partial charge in [0.2, 0.25) is 5.91 Å². The molecule has 0 aliphatic carbocycles. The number of benzene rings is 1. The Bertz CT molecular complexity index is 1010. The molecule has 156 valence electrons. The molecule has 2 aromatic heterocycles. The van der Waals surface area contributed by atoms with Crippen molar-refractivity contribution in [2.45, 2.75) is 32.7 Å². The number of hydrogen-bond donors (Lipinski definition) is 1. The molecule has 1 saturated heterocycles. The number of likely N-dealkylation sites (tertiary alicyclic amines) is 1. The molecule has 0 spiro atoms. The van der Waals surface area contributed by atoms with Crippen molar-refractivity contribution in [2.24, 2.45) is 5.92 Å². The van der Waals surface area contributed by atoms with E-state index in [1.807, 2.05) is 72.4 Å². The molecule has 1 aliphatic heterocycles. The first-order valence-electron chi connectivity index (χ1n) is 10.3. The second-order valence-electron chi connectivity index (χ2n) is 7.88. The topological polar surface area (TPSA) is 67.2 Å². The summed E-state index contributed by atoms with van der Waals surface area (Å²) in [7, 11) is 0. The Morgan fingerprint density at radius 3 is 2.67 bits per heavy atom. The summed E-state index contributed by atoms with van der Waals surface area (Å²) in [6, 6.07) is 15.7. The summed E-state index contributed by atoms with van der Waals surface area (Å²) in [4.78, 5) is 28.3. The van der Waals surface area contributed by atoms with Crippen molar-refractivity contribution >= 4 is 29.0 Å².